The third-order valence-corrected chi connectivity index (χ3v) is 5.48. The highest BCUT2D eigenvalue weighted by Gasteiger charge is 2.12. The zero-order valence-corrected chi connectivity index (χ0v) is 14.5. The van der Waals surface area contributed by atoms with Crippen molar-refractivity contribution in [3.63, 3.8) is 0 Å². The Hall–Kier alpha value is -3.25. The number of fused-ring (bicyclic) bond motifs is 2. The van der Waals surface area contributed by atoms with E-state index < -0.39 is 0 Å². The van der Waals surface area contributed by atoms with Crippen LogP contribution in [0.4, 0.5) is 0 Å². The smallest absolute Gasteiger partial charge is 0.271 e. The van der Waals surface area contributed by atoms with Crippen molar-refractivity contribution in [2.45, 2.75) is 6.54 Å². The quantitative estimate of drug-likeness (QED) is 0.529. The van der Waals surface area contributed by atoms with E-state index in [2.05, 4.69) is 15.0 Å². The summed E-state index contributed by atoms with van der Waals surface area (Å²) in [6, 6.07) is 19.9. The van der Waals surface area contributed by atoms with Crippen molar-refractivity contribution in [3.8, 4) is 10.4 Å². The van der Waals surface area contributed by atoms with Crippen LogP contribution in [0.1, 0.15) is 5.82 Å². The molecule has 2 aromatic carbocycles. The Morgan fingerprint density at radius 2 is 1.81 bits per heavy atom. The summed E-state index contributed by atoms with van der Waals surface area (Å²) in [5.41, 5.74) is 3.65. The Morgan fingerprint density at radius 3 is 2.65 bits per heavy atom. The molecule has 0 unspecified atom stereocenters. The van der Waals surface area contributed by atoms with Crippen LogP contribution >= 0.6 is 11.3 Å². The monoisotopic (exact) mass is 358 g/mol. The third-order valence-electron chi connectivity index (χ3n) is 4.32. The first kappa shape index (κ1) is 15.0. The fraction of sp³-hybridized carbons (Fsp3) is 0.0500. The van der Waals surface area contributed by atoms with Crippen molar-refractivity contribution in [1.82, 2.24) is 19.5 Å². The number of hydrogen-bond donors (Lipinski definition) is 1. The maximum Gasteiger partial charge on any atom is 0.271 e. The summed E-state index contributed by atoms with van der Waals surface area (Å²) in [7, 11) is 0. The topological polar surface area (TPSA) is 63.6 Å². The highest BCUT2D eigenvalue weighted by molar-refractivity contribution is 7.22. The van der Waals surface area contributed by atoms with Gasteiger partial charge in [0.1, 0.15) is 10.5 Å². The van der Waals surface area contributed by atoms with E-state index in [1.807, 2.05) is 60.7 Å². The standard InChI is InChI=1S/C20H14N4OS/c25-20-19-16(10-17(26-19)13-6-2-1-3-7-13)21-12-24(20)11-18-22-14-8-4-5-9-15(14)23-18/h1-10,12H,11H2,(H,22,23). The van der Waals surface area contributed by atoms with E-state index in [1.54, 1.807) is 10.9 Å². The molecule has 1 N–H and O–H groups in total. The molecule has 0 saturated carbocycles. The molecule has 0 atom stereocenters. The van der Waals surface area contributed by atoms with Gasteiger partial charge < -0.3 is 4.98 Å². The Labute approximate surface area is 152 Å². The lowest BCUT2D eigenvalue weighted by molar-refractivity contribution is 0.719. The summed E-state index contributed by atoms with van der Waals surface area (Å²) in [5.74, 6) is 0.745. The number of rotatable bonds is 3. The highest BCUT2D eigenvalue weighted by Crippen LogP contribution is 2.30. The van der Waals surface area contributed by atoms with Crippen LogP contribution in [0.2, 0.25) is 0 Å². The molecule has 0 amide bonds. The van der Waals surface area contributed by atoms with Gasteiger partial charge in [-0.2, -0.15) is 0 Å². The molecule has 5 nitrogen and oxygen atoms in total. The van der Waals surface area contributed by atoms with Gasteiger partial charge >= 0.3 is 0 Å². The minimum absolute atomic E-state index is 0.0392. The van der Waals surface area contributed by atoms with Gasteiger partial charge in [0.25, 0.3) is 5.56 Å². The first-order chi connectivity index (χ1) is 12.8. The molecule has 0 aliphatic carbocycles. The van der Waals surface area contributed by atoms with Crippen LogP contribution in [0.3, 0.4) is 0 Å². The second-order valence-electron chi connectivity index (χ2n) is 6.07. The summed E-state index contributed by atoms with van der Waals surface area (Å²) < 4.78 is 2.27. The van der Waals surface area contributed by atoms with E-state index in [-0.39, 0.29) is 5.56 Å². The summed E-state index contributed by atoms with van der Waals surface area (Å²) >= 11 is 1.48. The van der Waals surface area contributed by atoms with E-state index in [9.17, 15) is 4.79 Å². The van der Waals surface area contributed by atoms with Crippen LogP contribution in [0.25, 0.3) is 31.7 Å². The Bertz CT molecular complexity index is 1250. The van der Waals surface area contributed by atoms with E-state index >= 15 is 0 Å². The van der Waals surface area contributed by atoms with Crippen molar-refractivity contribution in [1.29, 1.82) is 0 Å². The molecular weight excluding hydrogens is 344 g/mol. The molecule has 6 heteroatoms. The van der Waals surface area contributed by atoms with Gasteiger partial charge in [-0.3, -0.25) is 9.36 Å². The number of nitrogens with one attached hydrogen (secondary N) is 1. The lowest BCUT2D eigenvalue weighted by Crippen LogP contribution is -2.20. The largest absolute Gasteiger partial charge is 0.340 e. The SMILES string of the molecule is O=c1c2sc(-c3ccccc3)cc2ncn1Cc1nc2ccccc2[nH]1. The molecule has 0 radical (unpaired) electrons. The van der Waals surface area contributed by atoms with Gasteiger partial charge in [0, 0.05) is 4.88 Å². The number of thiophene rings is 1. The van der Waals surface area contributed by atoms with E-state index in [0.29, 0.717) is 11.2 Å². The van der Waals surface area contributed by atoms with Crippen LogP contribution in [0.15, 0.2) is 71.8 Å². The predicted octanol–water partition coefficient (Wildman–Crippen LogP) is 4.05. The average Bonchev–Trinajstić information content (AvgIpc) is 3.29. The number of aromatic amines is 1. The van der Waals surface area contributed by atoms with Crippen LogP contribution in [-0.2, 0) is 6.54 Å². The van der Waals surface area contributed by atoms with Crippen LogP contribution in [0.5, 0.6) is 0 Å². The number of hydrogen-bond acceptors (Lipinski definition) is 4. The molecule has 3 aromatic heterocycles. The van der Waals surface area contributed by atoms with Gasteiger partial charge in [-0.15, -0.1) is 11.3 Å². The van der Waals surface area contributed by atoms with Crippen LogP contribution in [0, 0.1) is 0 Å². The summed E-state index contributed by atoms with van der Waals surface area (Å²) in [5, 5.41) is 0. The minimum Gasteiger partial charge on any atom is -0.340 e. The first-order valence-corrected chi connectivity index (χ1v) is 9.07. The fourth-order valence-corrected chi connectivity index (χ4v) is 4.11. The zero-order valence-electron chi connectivity index (χ0n) is 13.7. The van der Waals surface area contributed by atoms with Crippen LogP contribution in [-0.4, -0.2) is 19.5 Å². The predicted molar refractivity (Wildman–Crippen MR) is 105 cm³/mol. The molecule has 0 fully saturated rings. The van der Waals surface area contributed by atoms with Crippen molar-refractivity contribution >= 4 is 32.6 Å². The third kappa shape index (κ3) is 2.51. The Balaban J connectivity index is 1.56. The van der Waals surface area contributed by atoms with E-state index in [0.717, 1.165) is 32.8 Å². The lowest BCUT2D eigenvalue weighted by atomic mass is 10.2. The maximum absolute atomic E-state index is 12.9. The number of benzene rings is 2. The second kappa shape index (κ2) is 5.93. The Kier molecular flexibility index (Phi) is 3.43. The van der Waals surface area contributed by atoms with Crippen molar-refractivity contribution in [2.75, 3.05) is 0 Å². The van der Waals surface area contributed by atoms with Crippen LogP contribution < -0.4 is 5.56 Å². The molecule has 126 valence electrons. The van der Waals surface area contributed by atoms with E-state index in [4.69, 9.17) is 0 Å². The zero-order chi connectivity index (χ0) is 17.5. The van der Waals surface area contributed by atoms with Crippen molar-refractivity contribution in [2.24, 2.45) is 0 Å². The minimum atomic E-state index is -0.0392. The lowest BCUT2D eigenvalue weighted by Gasteiger charge is -2.01. The first-order valence-electron chi connectivity index (χ1n) is 8.26. The molecular formula is C20H14N4OS. The molecule has 0 aliphatic heterocycles. The van der Waals surface area contributed by atoms with Crippen molar-refractivity contribution < 1.29 is 0 Å². The second-order valence-corrected chi connectivity index (χ2v) is 7.12. The molecule has 26 heavy (non-hydrogen) atoms. The molecule has 3 heterocycles. The molecule has 0 spiro atoms. The average molecular weight is 358 g/mol. The summed E-state index contributed by atoms with van der Waals surface area (Å²) in [6.07, 6.45) is 1.60. The molecule has 0 bridgehead atoms. The number of para-hydroxylation sites is 2. The Morgan fingerprint density at radius 1 is 1.00 bits per heavy atom. The van der Waals surface area contributed by atoms with E-state index in [1.165, 1.54) is 11.3 Å². The van der Waals surface area contributed by atoms with Gasteiger partial charge in [0.15, 0.2) is 0 Å². The van der Waals surface area contributed by atoms with Gasteiger partial charge in [0.05, 0.1) is 29.4 Å². The van der Waals surface area contributed by atoms with Gasteiger partial charge in [0.2, 0.25) is 0 Å². The number of nitrogens with zero attached hydrogens (tertiary/aromatic N) is 3. The maximum atomic E-state index is 12.9. The molecule has 5 aromatic rings. The summed E-state index contributed by atoms with van der Waals surface area (Å²) in [6.45, 7) is 0.370. The fourth-order valence-electron chi connectivity index (χ4n) is 3.04. The molecule has 0 aliphatic rings. The van der Waals surface area contributed by atoms with Gasteiger partial charge in [-0.1, -0.05) is 42.5 Å². The van der Waals surface area contributed by atoms with Crippen molar-refractivity contribution in [3.05, 3.63) is 83.2 Å². The number of imidazole rings is 1. The molecule has 0 saturated heterocycles. The highest BCUT2D eigenvalue weighted by atomic mass is 32.1. The number of H-pyrrole nitrogens is 1. The summed E-state index contributed by atoms with van der Waals surface area (Å²) in [4.78, 5) is 26.2. The van der Waals surface area contributed by atoms with Gasteiger partial charge in [-0.05, 0) is 23.8 Å². The number of aromatic nitrogens is 4. The molecule has 5 rings (SSSR count). The normalized spacial score (nSPS) is 11.4. The van der Waals surface area contributed by atoms with Gasteiger partial charge in [-0.25, -0.2) is 9.97 Å².